The number of nitrogens with one attached hydrogen (secondary N) is 4. The summed E-state index contributed by atoms with van der Waals surface area (Å²) in [7, 11) is -4.68. The van der Waals surface area contributed by atoms with Crippen LogP contribution in [0.3, 0.4) is 0 Å². The minimum atomic E-state index is -4.68. The van der Waals surface area contributed by atoms with Gasteiger partial charge >= 0.3 is 0 Å². The fraction of sp³-hybridized carbons (Fsp3) is 0.377. The summed E-state index contributed by atoms with van der Waals surface area (Å²) in [6, 6.07) is 24.8. The van der Waals surface area contributed by atoms with Crippen LogP contribution in [0, 0.1) is 21.4 Å². The second-order valence-electron chi connectivity index (χ2n) is 22.9. The Bertz CT molecular complexity index is 3730. The number of carbonyl (C=O) groups excluding carboxylic acids is 5. The zero-order valence-electron chi connectivity index (χ0n) is 46.7. The molecule has 4 aliphatic heterocycles. The van der Waals surface area contributed by atoms with E-state index in [0.717, 1.165) is 72.9 Å². The first-order valence-corrected chi connectivity index (χ1v) is 31.2. The molecule has 11 rings (SSSR count). The number of piperazine rings is 1. The first-order valence-electron chi connectivity index (χ1n) is 28.3. The van der Waals surface area contributed by atoms with E-state index in [1.807, 2.05) is 24.3 Å². The second-order valence-corrected chi connectivity index (χ2v) is 26.2. The van der Waals surface area contributed by atoms with Gasteiger partial charge in [-0.25, -0.2) is 18.1 Å². The molecule has 4 N–H and O–H groups in total. The number of pyridine rings is 1. The Kier molecular flexibility index (Phi) is 16.9. The number of imide groups is 1. The number of allylic oxidation sites excluding steroid dienone is 1. The highest BCUT2D eigenvalue weighted by molar-refractivity contribution is 7.99. The van der Waals surface area contributed by atoms with Gasteiger partial charge in [-0.1, -0.05) is 49.2 Å². The highest BCUT2D eigenvalue weighted by atomic mass is 35.5. The lowest BCUT2D eigenvalue weighted by molar-refractivity contribution is -0.384. The van der Waals surface area contributed by atoms with Crippen molar-refractivity contribution >= 4 is 96.6 Å². The number of thioether (sulfide) groups is 1. The molecule has 20 nitrogen and oxygen atoms in total. The van der Waals surface area contributed by atoms with Crippen molar-refractivity contribution in [1.82, 2.24) is 34.7 Å². The smallest absolute Gasteiger partial charge is 0.293 e. The summed E-state index contributed by atoms with van der Waals surface area (Å²) < 4.78 is 36.5. The number of halogens is 1. The number of benzene rings is 4. The highest BCUT2D eigenvalue weighted by Gasteiger charge is 2.40. The summed E-state index contributed by atoms with van der Waals surface area (Å²) in [5.41, 5.74) is 6.43. The third-order valence-electron chi connectivity index (χ3n) is 16.6. The third-order valence-corrected chi connectivity index (χ3v) is 19.3. The number of piperidine rings is 2. The number of fused-ring (bicyclic) bond motifs is 2. The van der Waals surface area contributed by atoms with Crippen molar-refractivity contribution in [3.8, 4) is 11.5 Å². The molecule has 4 aromatic carbocycles. The Morgan fingerprint density at radius 2 is 1.76 bits per heavy atom. The molecule has 0 bridgehead atoms. The number of nitrogens with zero attached hydrogens (tertiary/aromatic N) is 6. The molecule has 0 saturated carbocycles. The first kappa shape index (κ1) is 58.0. The van der Waals surface area contributed by atoms with Gasteiger partial charge in [-0.05, 0) is 127 Å². The fourth-order valence-electron chi connectivity index (χ4n) is 12.0. The number of carbonyl (C=O) groups is 5. The van der Waals surface area contributed by atoms with Crippen molar-refractivity contribution < 1.29 is 42.1 Å². The molecule has 2 unspecified atom stereocenters. The van der Waals surface area contributed by atoms with Crippen molar-refractivity contribution in [3.63, 3.8) is 0 Å². The summed E-state index contributed by atoms with van der Waals surface area (Å²) in [5, 5.41) is 19.5. The van der Waals surface area contributed by atoms with Crippen LogP contribution in [-0.2, 0) is 31.0 Å². The summed E-state index contributed by atoms with van der Waals surface area (Å²) in [4.78, 5) is 93.0. The lowest BCUT2D eigenvalue weighted by atomic mass is 9.72. The van der Waals surface area contributed by atoms with Crippen molar-refractivity contribution in [2.45, 2.75) is 87.6 Å². The monoisotopic (exact) mass is 1200 g/mol. The van der Waals surface area contributed by atoms with Crippen LogP contribution in [0.4, 0.5) is 17.1 Å². The number of nitro groups is 1. The van der Waals surface area contributed by atoms with Crippen LogP contribution >= 0.6 is 23.4 Å². The maximum atomic E-state index is 14.2. The summed E-state index contributed by atoms with van der Waals surface area (Å²) in [6.07, 6.45) is 8.48. The van der Waals surface area contributed by atoms with E-state index in [-0.39, 0.29) is 78.4 Å². The molecule has 3 fully saturated rings. The number of anilines is 2. The van der Waals surface area contributed by atoms with E-state index in [0.29, 0.717) is 60.3 Å². The number of aromatic nitrogens is 2. The van der Waals surface area contributed by atoms with E-state index >= 15 is 0 Å². The predicted molar refractivity (Wildman–Crippen MR) is 321 cm³/mol. The standard InChI is InChI=1S/C61H65ClN10O10S2/c1-61(2)21-18-41(48(32-61)39-8-10-42(62)11-9-39)36-68-24-26-69(27-25-68)43-12-14-47(53(30-43)82-44-29-40-19-22-63-57(40)65-34-44)58(75)67-84(80,81)45-13-15-50(52(31-45)72(78)79)64-33-38-5-4-23-70(35-38)56(74)20-28-83-54-7-3-6-46-49(54)37-71(60(46)77)51-16-17-55(73)66-59(51)76/h3,6-15,19,22,29-31,34,38,51,64H,4-5,16-18,20-21,23-28,32-33,35-37H2,1-2H3,(H,63,65)(H,67,75)(H,66,73,76). The molecule has 2 aromatic heterocycles. The zero-order valence-corrected chi connectivity index (χ0v) is 49.0. The number of ether oxygens (including phenoxy) is 1. The molecular weight excluding hydrogens is 1130 g/mol. The molecule has 6 aromatic rings. The van der Waals surface area contributed by atoms with Gasteiger partial charge in [0.2, 0.25) is 17.7 Å². The van der Waals surface area contributed by atoms with Crippen molar-refractivity contribution in [1.29, 1.82) is 0 Å². The Labute approximate surface area is 495 Å². The van der Waals surface area contributed by atoms with Crippen LogP contribution in [0.15, 0.2) is 119 Å². The molecule has 6 heterocycles. The Hall–Kier alpha value is -7.79. The van der Waals surface area contributed by atoms with Gasteiger partial charge in [-0.3, -0.25) is 44.3 Å². The van der Waals surface area contributed by atoms with E-state index in [1.165, 1.54) is 57.8 Å². The van der Waals surface area contributed by atoms with Crippen LogP contribution < -0.4 is 25.0 Å². The molecular formula is C61H65ClN10O10S2. The third kappa shape index (κ3) is 13.0. The van der Waals surface area contributed by atoms with Gasteiger partial charge < -0.3 is 29.7 Å². The van der Waals surface area contributed by atoms with E-state index in [2.05, 4.69) is 61.1 Å². The number of rotatable bonds is 18. The Balaban J connectivity index is 0.719. The quantitative estimate of drug-likeness (QED) is 0.0271. The SMILES string of the molecule is CC1(C)CCC(CN2CCN(c3ccc(C(=O)NS(=O)(=O)c4ccc(NCC5CCCN(C(=O)CCSc6cccc7c6CN(C6CCC(=O)NC6=O)C7=O)C5)c([N+](=O)[O-])c4)c(Oc4cnc5[nH]ccc5c4)c3)CC2)=C(c2ccc(Cl)cc2)C1. The van der Waals surface area contributed by atoms with Crippen LogP contribution in [0.2, 0.25) is 5.02 Å². The molecule has 3 saturated heterocycles. The molecule has 23 heteroatoms. The Morgan fingerprint density at radius 1 is 0.952 bits per heavy atom. The number of hydrogen-bond donors (Lipinski definition) is 4. The van der Waals surface area contributed by atoms with Gasteiger partial charge in [-0.2, -0.15) is 0 Å². The van der Waals surface area contributed by atoms with Gasteiger partial charge in [0.15, 0.2) is 0 Å². The van der Waals surface area contributed by atoms with Crippen LogP contribution in [0.1, 0.15) is 97.1 Å². The molecule has 84 heavy (non-hydrogen) atoms. The number of hydrogen-bond acceptors (Lipinski definition) is 15. The molecule has 5 amide bonds. The largest absolute Gasteiger partial charge is 0.455 e. The summed E-state index contributed by atoms with van der Waals surface area (Å²) >= 11 is 7.73. The van der Waals surface area contributed by atoms with Crippen LogP contribution in [0.25, 0.3) is 16.6 Å². The van der Waals surface area contributed by atoms with Gasteiger partial charge in [0.1, 0.15) is 28.9 Å². The average Bonchev–Trinajstić information content (AvgIpc) is 4.29. The van der Waals surface area contributed by atoms with Crippen molar-refractivity contribution in [2.24, 2.45) is 11.3 Å². The summed E-state index contributed by atoms with van der Waals surface area (Å²) in [5.74, 6) is -1.38. The highest BCUT2D eigenvalue weighted by Crippen LogP contribution is 2.44. The molecule has 2 atom stereocenters. The number of sulfonamides is 1. The van der Waals surface area contributed by atoms with E-state index in [9.17, 15) is 42.5 Å². The number of H-pyrrole nitrogens is 1. The maximum Gasteiger partial charge on any atom is 0.293 e. The molecule has 5 aliphatic rings. The number of likely N-dealkylation sites (tertiary alicyclic amines) is 1. The van der Waals surface area contributed by atoms with E-state index in [4.69, 9.17) is 16.3 Å². The van der Waals surface area contributed by atoms with E-state index < -0.39 is 43.4 Å². The van der Waals surface area contributed by atoms with Crippen molar-refractivity contribution in [3.05, 3.63) is 146 Å². The van der Waals surface area contributed by atoms with Gasteiger partial charge in [0.05, 0.1) is 21.6 Å². The number of amides is 5. The molecule has 438 valence electrons. The lowest BCUT2D eigenvalue weighted by Crippen LogP contribution is -2.52. The predicted octanol–water partition coefficient (Wildman–Crippen LogP) is 9.42. The second kappa shape index (κ2) is 24.4. The number of aromatic amines is 1. The molecule has 0 spiro atoms. The van der Waals surface area contributed by atoms with Crippen LogP contribution in [-0.4, -0.2) is 132 Å². The lowest BCUT2D eigenvalue weighted by Gasteiger charge is -2.39. The topological polar surface area (TPSA) is 250 Å². The van der Waals surface area contributed by atoms with Gasteiger partial charge in [0, 0.05) is 122 Å². The normalized spacial score (nSPS) is 19.3. The van der Waals surface area contributed by atoms with E-state index in [1.54, 1.807) is 41.4 Å². The zero-order chi connectivity index (χ0) is 58.9. The van der Waals surface area contributed by atoms with Gasteiger partial charge in [-0.15, -0.1) is 11.8 Å². The minimum absolute atomic E-state index is 0.0556. The molecule has 0 radical (unpaired) electrons. The van der Waals surface area contributed by atoms with Crippen molar-refractivity contribution in [2.75, 3.05) is 68.3 Å². The molecule has 1 aliphatic carbocycles. The summed E-state index contributed by atoms with van der Waals surface area (Å²) in [6.45, 7) is 9.91. The van der Waals surface area contributed by atoms with Gasteiger partial charge in [0.25, 0.3) is 27.5 Å². The maximum absolute atomic E-state index is 14.2. The minimum Gasteiger partial charge on any atom is -0.455 e. The number of nitro benzene ring substituents is 1. The van der Waals surface area contributed by atoms with Crippen LogP contribution in [0.5, 0.6) is 11.5 Å². The fourth-order valence-corrected chi connectivity index (χ4v) is 14.1. The Morgan fingerprint density at radius 3 is 2.55 bits per heavy atom. The first-order chi connectivity index (χ1) is 40.3. The average molecular weight is 1200 g/mol.